The Labute approximate surface area is 201 Å². The van der Waals surface area contributed by atoms with Crippen molar-refractivity contribution in [3.63, 3.8) is 0 Å². The van der Waals surface area contributed by atoms with Crippen LogP contribution in [0.4, 0.5) is 21.6 Å². The lowest BCUT2D eigenvalue weighted by atomic mass is 10.0. The zero-order valence-electron chi connectivity index (χ0n) is 18.6. The highest BCUT2D eigenvalue weighted by molar-refractivity contribution is 6.31. The van der Waals surface area contributed by atoms with Crippen molar-refractivity contribution in [1.82, 2.24) is 15.0 Å². The quantitative estimate of drug-likeness (QED) is 0.301. The Morgan fingerprint density at radius 2 is 1.68 bits per heavy atom. The standard InChI is InChI=1S/C27H21ClFN5/c1-34(2)21-7-3-5-17(13-21)18-8-10-22-25(14-18)32-26(19-6-4-12-30-16-19)33-27(22)31-20-9-11-24(29)23(28)15-20/h3-16H,1-2H3,(H,31,32,33). The van der Waals surface area contributed by atoms with Gasteiger partial charge in [-0.15, -0.1) is 0 Å². The third kappa shape index (κ3) is 4.40. The first-order chi connectivity index (χ1) is 16.5. The van der Waals surface area contributed by atoms with Crippen LogP contribution in [0.25, 0.3) is 33.4 Å². The summed E-state index contributed by atoms with van der Waals surface area (Å²) in [6, 6.07) is 22.7. The fourth-order valence-electron chi connectivity index (χ4n) is 3.70. The van der Waals surface area contributed by atoms with Gasteiger partial charge in [0.05, 0.1) is 10.5 Å². The summed E-state index contributed by atoms with van der Waals surface area (Å²) in [7, 11) is 4.04. The van der Waals surface area contributed by atoms with Crippen molar-refractivity contribution in [3.8, 4) is 22.5 Å². The number of aromatic nitrogens is 3. The van der Waals surface area contributed by atoms with E-state index in [0.717, 1.165) is 33.3 Å². The Hall–Kier alpha value is -4.03. The van der Waals surface area contributed by atoms with E-state index >= 15 is 0 Å². The first kappa shape index (κ1) is 21.8. The molecular formula is C27H21ClFN5. The molecular weight excluding hydrogens is 449 g/mol. The molecule has 0 aliphatic rings. The Bertz CT molecular complexity index is 1490. The van der Waals surface area contributed by atoms with Gasteiger partial charge in [0.25, 0.3) is 0 Å². The molecule has 34 heavy (non-hydrogen) atoms. The maximum absolute atomic E-state index is 13.7. The minimum atomic E-state index is -0.472. The zero-order valence-corrected chi connectivity index (χ0v) is 19.4. The van der Waals surface area contributed by atoms with Crippen LogP contribution in [0.1, 0.15) is 0 Å². The number of rotatable bonds is 5. The van der Waals surface area contributed by atoms with Crippen LogP contribution in [0.3, 0.4) is 0 Å². The summed E-state index contributed by atoms with van der Waals surface area (Å²) in [6.07, 6.45) is 3.43. The summed E-state index contributed by atoms with van der Waals surface area (Å²) >= 11 is 5.99. The van der Waals surface area contributed by atoms with Crippen LogP contribution in [-0.2, 0) is 0 Å². The number of pyridine rings is 1. The first-order valence-electron chi connectivity index (χ1n) is 10.7. The summed E-state index contributed by atoms with van der Waals surface area (Å²) in [4.78, 5) is 15.9. The van der Waals surface area contributed by atoms with E-state index in [0.29, 0.717) is 17.3 Å². The molecule has 0 aliphatic heterocycles. The van der Waals surface area contributed by atoms with Crippen LogP contribution in [0, 0.1) is 5.82 Å². The molecule has 0 aliphatic carbocycles. The number of nitrogens with one attached hydrogen (secondary N) is 1. The van der Waals surface area contributed by atoms with Gasteiger partial charge in [0.1, 0.15) is 11.6 Å². The predicted octanol–water partition coefficient (Wildman–Crippen LogP) is 6.96. The number of fused-ring (bicyclic) bond motifs is 1. The normalized spacial score (nSPS) is 10.9. The lowest BCUT2D eigenvalue weighted by Crippen LogP contribution is -2.08. The molecule has 168 valence electrons. The van der Waals surface area contributed by atoms with Crippen molar-refractivity contribution in [2.75, 3.05) is 24.3 Å². The van der Waals surface area contributed by atoms with Crippen LogP contribution < -0.4 is 10.2 Å². The van der Waals surface area contributed by atoms with Gasteiger partial charge in [0.15, 0.2) is 5.82 Å². The van der Waals surface area contributed by atoms with Gasteiger partial charge in [-0.2, -0.15) is 0 Å². The van der Waals surface area contributed by atoms with Crippen LogP contribution in [0.2, 0.25) is 5.02 Å². The second-order valence-corrected chi connectivity index (χ2v) is 8.48. The summed E-state index contributed by atoms with van der Waals surface area (Å²) in [6.45, 7) is 0. The van der Waals surface area contributed by atoms with Crippen LogP contribution in [0.5, 0.6) is 0 Å². The minimum absolute atomic E-state index is 0.0407. The van der Waals surface area contributed by atoms with Crippen LogP contribution in [0.15, 0.2) is 85.2 Å². The number of hydrogen-bond acceptors (Lipinski definition) is 5. The topological polar surface area (TPSA) is 53.9 Å². The number of benzene rings is 3. The second kappa shape index (κ2) is 9.08. The van der Waals surface area contributed by atoms with Crippen molar-refractivity contribution >= 4 is 39.7 Å². The molecule has 0 radical (unpaired) electrons. The molecule has 5 aromatic rings. The zero-order chi connectivity index (χ0) is 23.7. The Morgan fingerprint density at radius 3 is 2.44 bits per heavy atom. The minimum Gasteiger partial charge on any atom is -0.378 e. The highest BCUT2D eigenvalue weighted by Gasteiger charge is 2.13. The SMILES string of the molecule is CN(C)c1cccc(-c2ccc3c(Nc4ccc(F)c(Cl)c4)nc(-c4cccnc4)nc3c2)c1. The van der Waals surface area contributed by atoms with E-state index in [1.54, 1.807) is 18.5 Å². The van der Waals surface area contributed by atoms with E-state index in [-0.39, 0.29) is 5.02 Å². The summed E-state index contributed by atoms with van der Waals surface area (Å²) in [5.41, 5.74) is 5.46. The van der Waals surface area contributed by atoms with Gasteiger partial charge >= 0.3 is 0 Å². The molecule has 7 heteroatoms. The molecule has 5 nitrogen and oxygen atoms in total. The summed E-state index contributed by atoms with van der Waals surface area (Å²) < 4.78 is 13.7. The van der Waals surface area contributed by atoms with Gasteiger partial charge in [-0.3, -0.25) is 4.98 Å². The molecule has 2 aromatic heterocycles. The van der Waals surface area contributed by atoms with E-state index in [4.69, 9.17) is 21.6 Å². The van der Waals surface area contributed by atoms with Crippen molar-refractivity contribution in [3.05, 3.63) is 96.0 Å². The summed E-state index contributed by atoms with van der Waals surface area (Å²) in [5.74, 6) is 0.663. The average Bonchev–Trinajstić information content (AvgIpc) is 2.86. The van der Waals surface area contributed by atoms with Gasteiger partial charge < -0.3 is 10.2 Å². The monoisotopic (exact) mass is 469 g/mol. The van der Waals surface area contributed by atoms with Crippen molar-refractivity contribution in [2.24, 2.45) is 0 Å². The average molecular weight is 470 g/mol. The van der Waals surface area contributed by atoms with Crippen molar-refractivity contribution < 1.29 is 4.39 Å². The highest BCUT2D eigenvalue weighted by atomic mass is 35.5. The molecule has 0 amide bonds. The molecule has 0 atom stereocenters. The largest absolute Gasteiger partial charge is 0.378 e. The van der Waals surface area contributed by atoms with E-state index in [1.165, 1.54) is 12.1 Å². The Balaban J connectivity index is 1.65. The predicted molar refractivity (Wildman–Crippen MR) is 137 cm³/mol. The van der Waals surface area contributed by atoms with Gasteiger partial charge in [0.2, 0.25) is 0 Å². The molecule has 0 spiro atoms. The molecule has 0 saturated heterocycles. The van der Waals surface area contributed by atoms with E-state index in [1.807, 2.05) is 44.4 Å². The van der Waals surface area contributed by atoms with Gasteiger partial charge in [-0.1, -0.05) is 29.8 Å². The maximum Gasteiger partial charge on any atom is 0.163 e. The summed E-state index contributed by atoms with van der Waals surface area (Å²) in [5, 5.41) is 4.15. The van der Waals surface area contributed by atoms with Gasteiger partial charge in [-0.25, -0.2) is 14.4 Å². The molecule has 1 N–H and O–H groups in total. The molecule has 5 rings (SSSR count). The number of anilines is 3. The fourth-order valence-corrected chi connectivity index (χ4v) is 3.88. The molecule has 0 fully saturated rings. The second-order valence-electron chi connectivity index (χ2n) is 8.07. The number of hydrogen-bond donors (Lipinski definition) is 1. The Kier molecular flexibility index (Phi) is 5.82. The van der Waals surface area contributed by atoms with Crippen molar-refractivity contribution in [2.45, 2.75) is 0 Å². The number of nitrogens with zero attached hydrogens (tertiary/aromatic N) is 4. The third-order valence-electron chi connectivity index (χ3n) is 5.49. The fraction of sp³-hybridized carbons (Fsp3) is 0.0741. The third-order valence-corrected chi connectivity index (χ3v) is 5.78. The number of halogens is 2. The van der Waals surface area contributed by atoms with E-state index in [2.05, 4.69) is 39.5 Å². The molecule has 3 aromatic carbocycles. The smallest absolute Gasteiger partial charge is 0.163 e. The van der Waals surface area contributed by atoms with E-state index in [9.17, 15) is 4.39 Å². The first-order valence-corrected chi connectivity index (χ1v) is 11.1. The molecule has 0 unspecified atom stereocenters. The molecule has 0 saturated carbocycles. The van der Waals surface area contributed by atoms with Crippen molar-refractivity contribution in [1.29, 1.82) is 0 Å². The highest BCUT2D eigenvalue weighted by Crippen LogP contribution is 2.32. The molecule has 2 heterocycles. The lowest BCUT2D eigenvalue weighted by Gasteiger charge is -2.15. The molecule has 0 bridgehead atoms. The van der Waals surface area contributed by atoms with Crippen LogP contribution in [-0.4, -0.2) is 29.0 Å². The maximum atomic E-state index is 13.7. The van der Waals surface area contributed by atoms with Gasteiger partial charge in [-0.05, 0) is 65.7 Å². The van der Waals surface area contributed by atoms with Crippen LogP contribution >= 0.6 is 11.6 Å². The van der Waals surface area contributed by atoms with E-state index < -0.39 is 5.82 Å². The van der Waals surface area contributed by atoms with Gasteiger partial charge in [0, 0.05) is 48.8 Å². The lowest BCUT2D eigenvalue weighted by molar-refractivity contribution is 0.628. The Morgan fingerprint density at radius 1 is 0.853 bits per heavy atom.